The quantitative estimate of drug-likeness (QED) is 0.0107. The van der Waals surface area contributed by atoms with E-state index in [0.717, 1.165) is 62.5 Å². The van der Waals surface area contributed by atoms with E-state index in [4.69, 9.17) is 28.2 Å². The SMILES string of the molecule is C=CCC(=C)C[C@@H]1C[C@@H](O)[C@H](C/C=C/CC(=C)/C=C/CC/C=C/CCCCCCC[C@@H](C)CC[C@H]2O[C@@H]2CCC[C@@H](C[C@@H](O)CC(=O)C[C@@H](O)CC[C@@H](O)[C@@H]2C[C@H](O)[C@H](OS(=O)(=O)O)[C@@H](C[C@H](C)O)O2)O[C@@H]2O[C@H](CO)[C@@H](O)[C@H](O)[C@H]2O)O1. The van der Waals surface area contributed by atoms with E-state index in [9.17, 15) is 64.3 Å². The number of allylic oxidation sites excluding steroid dienone is 7. The van der Waals surface area contributed by atoms with Gasteiger partial charge in [-0.05, 0) is 109 Å². The minimum absolute atomic E-state index is 0.0223. The summed E-state index contributed by atoms with van der Waals surface area (Å²) in [6, 6.07) is 0. The maximum absolute atomic E-state index is 13.1. The number of ketones is 1. The number of aliphatic hydroxyl groups is 10. The number of hydrogen-bond donors (Lipinski definition) is 11. The summed E-state index contributed by atoms with van der Waals surface area (Å²) in [5, 5.41) is 105. The van der Waals surface area contributed by atoms with Crippen molar-refractivity contribution in [2.24, 2.45) is 5.92 Å². The molecule has 20 atom stereocenters. The first kappa shape index (κ1) is 72.9. The van der Waals surface area contributed by atoms with Gasteiger partial charge in [-0.3, -0.25) is 9.35 Å². The molecule has 0 radical (unpaired) electrons. The molecule has 0 saturated carbocycles. The van der Waals surface area contributed by atoms with Gasteiger partial charge < -0.3 is 74.7 Å². The van der Waals surface area contributed by atoms with Crippen molar-refractivity contribution in [3.8, 4) is 0 Å². The summed E-state index contributed by atoms with van der Waals surface area (Å²) in [6.45, 7) is 15.0. The molecule has 83 heavy (non-hydrogen) atoms. The van der Waals surface area contributed by atoms with Gasteiger partial charge in [0, 0.05) is 38.5 Å². The molecule has 4 heterocycles. The third-order valence-corrected chi connectivity index (χ3v) is 16.6. The average Bonchev–Trinajstić information content (AvgIpc) is 4.31. The summed E-state index contributed by atoms with van der Waals surface area (Å²) < 4.78 is 66.0. The lowest BCUT2D eigenvalue weighted by Gasteiger charge is -2.41. The number of hydrogen-bond acceptors (Lipinski definition) is 19. The number of carbonyl (C=O) groups is 1. The highest BCUT2D eigenvalue weighted by Crippen LogP contribution is 2.35. The van der Waals surface area contributed by atoms with Crippen LogP contribution in [0.2, 0.25) is 0 Å². The van der Waals surface area contributed by atoms with Crippen LogP contribution in [-0.4, -0.2) is 193 Å². The molecule has 4 aliphatic rings. The van der Waals surface area contributed by atoms with Crippen LogP contribution in [0.1, 0.15) is 181 Å². The van der Waals surface area contributed by atoms with Crippen LogP contribution in [0.5, 0.6) is 0 Å². The monoisotopic (exact) mass is 1200 g/mol. The van der Waals surface area contributed by atoms with Crippen molar-refractivity contribution >= 4 is 16.2 Å². The Morgan fingerprint density at radius 2 is 1.37 bits per heavy atom. The Labute approximate surface area is 493 Å². The molecule has 0 aromatic rings. The summed E-state index contributed by atoms with van der Waals surface area (Å²) in [5.41, 5.74) is 2.13. The van der Waals surface area contributed by atoms with Gasteiger partial charge >= 0.3 is 10.4 Å². The van der Waals surface area contributed by atoms with E-state index in [1.165, 1.54) is 45.4 Å². The first-order valence-corrected chi connectivity index (χ1v) is 31.9. The van der Waals surface area contributed by atoms with Gasteiger partial charge in [-0.1, -0.05) is 106 Å². The predicted octanol–water partition coefficient (Wildman–Crippen LogP) is 6.16. The van der Waals surface area contributed by atoms with Crippen molar-refractivity contribution in [3.05, 3.63) is 73.4 Å². The second-order valence-corrected chi connectivity index (χ2v) is 25.0. The van der Waals surface area contributed by atoms with Crippen LogP contribution in [0, 0.1) is 5.92 Å². The fraction of sp³-hybridized carbons (Fsp3) is 0.790. The summed E-state index contributed by atoms with van der Waals surface area (Å²) in [5.74, 6) is 0.0840. The molecule has 0 unspecified atom stereocenters. The highest BCUT2D eigenvalue weighted by atomic mass is 32.3. The lowest BCUT2D eigenvalue weighted by Crippen LogP contribution is -2.59. The molecule has 4 fully saturated rings. The highest BCUT2D eigenvalue weighted by Gasteiger charge is 2.46. The number of ether oxygens (including phenoxy) is 5. The molecule has 4 rings (SSSR count). The Bertz CT molecular complexity index is 2080. The predicted molar refractivity (Wildman–Crippen MR) is 313 cm³/mol. The molecular weight excluding hydrogens is 1100 g/mol. The zero-order valence-corrected chi connectivity index (χ0v) is 50.1. The van der Waals surface area contributed by atoms with Crippen LogP contribution < -0.4 is 0 Å². The van der Waals surface area contributed by atoms with Gasteiger partial charge in [0.05, 0.1) is 86.0 Å². The van der Waals surface area contributed by atoms with Crippen LogP contribution >= 0.6 is 0 Å². The number of epoxide rings is 1. The second-order valence-electron chi connectivity index (χ2n) is 23.9. The lowest BCUT2D eigenvalue weighted by atomic mass is 9.90. The molecule has 0 bridgehead atoms. The third-order valence-electron chi connectivity index (χ3n) is 16.1. The number of Topliss-reactive ketones (excluding diaryl/α,β-unsaturated/α-hetero) is 1. The van der Waals surface area contributed by atoms with E-state index in [1.807, 2.05) is 6.08 Å². The van der Waals surface area contributed by atoms with E-state index < -0.39 is 115 Å². The minimum atomic E-state index is -4.98. The molecule has 478 valence electrons. The number of unbranched alkanes of at least 4 members (excludes halogenated alkanes) is 6. The standard InChI is InChI=1S/C62H104O20S/c1-6-21-42(4)32-48-37-50(69)52(77-48)26-19-18-24-40(2)22-16-14-12-10-8-7-9-11-13-15-17-23-41(3)28-31-54-53(79-54)27-20-25-47(78-62-60(73)59(72)58(71)57(39-63)81-62)36-46(67)35-45(66)34-44(65)29-30-49(68)55-38-51(70)61(82-83(74,75)76)56(80-55)33-43(5)64/h6,8,10,16,18-19,22,41,43-44,46-65,67-73H,1-2,4,7,9,11-15,17,20-21,23-39H2,3,5H3,(H,74,75,76)/b10-8+,19-18+,22-16+/t41-,43+,44+,46+,47+,48-,49-,50-,51+,52+,53-,54-,55+,56-,57-,58-,59+,60-,61+,62-/m1/s1. The third kappa shape index (κ3) is 28.8. The molecule has 11 N–H and O–H groups in total. The van der Waals surface area contributed by atoms with Crippen LogP contribution in [0.4, 0.5) is 0 Å². The topological polar surface area (TPSA) is 332 Å². The van der Waals surface area contributed by atoms with Gasteiger partial charge in [0.1, 0.15) is 36.3 Å². The fourth-order valence-electron chi connectivity index (χ4n) is 11.4. The Morgan fingerprint density at radius 3 is 2.10 bits per heavy atom. The Hall–Kier alpha value is -2.62. The summed E-state index contributed by atoms with van der Waals surface area (Å²) in [4.78, 5) is 13.1. The Kier molecular flexibility index (Phi) is 33.9. The summed E-state index contributed by atoms with van der Waals surface area (Å²) in [7, 11) is -4.98. The van der Waals surface area contributed by atoms with Gasteiger partial charge in [0.2, 0.25) is 0 Å². The Balaban J connectivity index is 1.07. The molecule has 4 aliphatic heterocycles. The smallest absolute Gasteiger partial charge is 0.394 e. The number of carbonyl (C=O) groups excluding carboxylic acids is 1. The van der Waals surface area contributed by atoms with Gasteiger partial charge in [-0.25, -0.2) is 4.18 Å². The molecule has 0 aliphatic carbocycles. The summed E-state index contributed by atoms with van der Waals surface area (Å²) in [6.07, 6.45) is 12.1. The fourth-order valence-corrected chi connectivity index (χ4v) is 11.9. The minimum Gasteiger partial charge on any atom is -0.394 e. The molecule has 0 aromatic heterocycles. The molecule has 0 spiro atoms. The maximum atomic E-state index is 13.1. The molecule has 0 aromatic carbocycles. The van der Waals surface area contributed by atoms with Crippen molar-refractivity contribution in [1.82, 2.24) is 0 Å². The van der Waals surface area contributed by atoms with Crippen LogP contribution in [-0.2, 0) is 43.1 Å². The van der Waals surface area contributed by atoms with Crippen LogP contribution in [0.3, 0.4) is 0 Å². The van der Waals surface area contributed by atoms with E-state index in [1.54, 1.807) is 0 Å². The van der Waals surface area contributed by atoms with Crippen molar-refractivity contribution in [1.29, 1.82) is 0 Å². The van der Waals surface area contributed by atoms with Gasteiger partial charge in [-0.2, -0.15) is 8.42 Å². The van der Waals surface area contributed by atoms with Crippen LogP contribution in [0.25, 0.3) is 0 Å². The number of aliphatic hydroxyl groups excluding tert-OH is 10. The van der Waals surface area contributed by atoms with Crippen LogP contribution in [0.15, 0.2) is 73.4 Å². The lowest BCUT2D eigenvalue weighted by molar-refractivity contribution is -0.313. The molecule has 4 saturated heterocycles. The van der Waals surface area contributed by atoms with Gasteiger partial charge in [-0.15, -0.1) is 6.58 Å². The largest absolute Gasteiger partial charge is 0.397 e. The summed E-state index contributed by atoms with van der Waals surface area (Å²) >= 11 is 0. The van der Waals surface area contributed by atoms with E-state index >= 15 is 0 Å². The first-order chi connectivity index (χ1) is 39.5. The maximum Gasteiger partial charge on any atom is 0.397 e. The number of rotatable bonds is 44. The molecule has 20 nitrogen and oxygen atoms in total. The van der Waals surface area contributed by atoms with Crippen molar-refractivity contribution in [2.75, 3.05) is 6.61 Å². The molecule has 21 heteroatoms. The van der Waals surface area contributed by atoms with Crippen molar-refractivity contribution in [3.63, 3.8) is 0 Å². The highest BCUT2D eigenvalue weighted by molar-refractivity contribution is 7.80. The first-order valence-electron chi connectivity index (χ1n) is 30.6. The van der Waals surface area contributed by atoms with Crippen molar-refractivity contribution in [2.45, 2.75) is 297 Å². The zero-order chi connectivity index (χ0) is 61.1. The Morgan fingerprint density at radius 1 is 0.675 bits per heavy atom. The molecular formula is C62H104O20S. The second kappa shape index (κ2) is 38.6. The van der Waals surface area contributed by atoms with Gasteiger partial charge in [0.25, 0.3) is 0 Å². The van der Waals surface area contributed by atoms with E-state index in [-0.39, 0.29) is 69.4 Å². The molecule has 0 amide bonds. The van der Waals surface area contributed by atoms with Gasteiger partial charge in [0.15, 0.2) is 6.29 Å². The van der Waals surface area contributed by atoms with E-state index in [2.05, 4.69) is 67.3 Å². The van der Waals surface area contributed by atoms with E-state index in [0.29, 0.717) is 38.0 Å². The zero-order valence-electron chi connectivity index (χ0n) is 49.3. The normalized spacial score (nSPS) is 30.9. The van der Waals surface area contributed by atoms with Crippen molar-refractivity contribution < 1.29 is 96.7 Å². The average molecular weight is 1200 g/mol.